The number of nitrogens with zero attached hydrogens (tertiary/aromatic N) is 2. The van der Waals surface area contributed by atoms with Crippen LogP contribution < -0.4 is 15.2 Å². The molecule has 0 fully saturated rings. The first kappa shape index (κ1) is 30.3. The number of benzene rings is 2. The van der Waals surface area contributed by atoms with Gasteiger partial charge < -0.3 is 24.8 Å². The minimum atomic E-state index is -0.909. The van der Waals surface area contributed by atoms with E-state index in [1.165, 1.54) is 18.4 Å². The summed E-state index contributed by atoms with van der Waals surface area (Å²) in [7, 11) is 1.46. The van der Waals surface area contributed by atoms with Gasteiger partial charge in [-0.15, -0.1) is 27.8 Å². The molecule has 202 valence electrons. The molecule has 15 heteroatoms. The SMILES string of the molecule is COc1cc(/C=C/COC(=O)CCCO[N+](=O)[O-])ccc1OC(=O)c1cccc(S)c1.Nc1n[nH]c(=S)s1. The third-order valence-corrected chi connectivity index (χ3v) is 5.50. The number of nitrogens with one attached hydrogen (secondary N) is 1. The Morgan fingerprint density at radius 2 is 2.05 bits per heavy atom. The number of H-pyrrole nitrogens is 1. The van der Waals surface area contributed by atoms with Crippen molar-refractivity contribution in [1.29, 1.82) is 0 Å². The molecule has 0 saturated carbocycles. The van der Waals surface area contributed by atoms with Crippen molar-refractivity contribution in [2.45, 2.75) is 17.7 Å². The van der Waals surface area contributed by atoms with Gasteiger partial charge in [0, 0.05) is 11.3 Å². The fourth-order valence-electron chi connectivity index (χ4n) is 2.66. The second-order valence-electron chi connectivity index (χ2n) is 7.05. The first-order chi connectivity index (χ1) is 18.2. The van der Waals surface area contributed by atoms with Crippen molar-refractivity contribution in [2.75, 3.05) is 26.1 Å². The van der Waals surface area contributed by atoms with Crippen LogP contribution >= 0.6 is 36.2 Å². The Hall–Kier alpha value is -3.95. The molecule has 0 bridgehead atoms. The number of thiol groups is 1. The van der Waals surface area contributed by atoms with Crippen LogP contribution in [0, 0.1) is 14.1 Å². The van der Waals surface area contributed by atoms with Crippen molar-refractivity contribution in [3.8, 4) is 11.5 Å². The van der Waals surface area contributed by atoms with E-state index >= 15 is 0 Å². The van der Waals surface area contributed by atoms with Gasteiger partial charge in [-0.05, 0) is 60.6 Å². The van der Waals surface area contributed by atoms with Gasteiger partial charge in [-0.2, -0.15) is 0 Å². The van der Waals surface area contributed by atoms with E-state index < -0.39 is 17.0 Å². The molecule has 0 saturated heterocycles. The monoisotopic (exact) mass is 580 g/mol. The average molecular weight is 581 g/mol. The number of methoxy groups -OCH3 is 1. The van der Waals surface area contributed by atoms with Gasteiger partial charge in [0.2, 0.25) is 5.13 Å². The standard InChI is InChI=1S/C21H21NO8S.C2H3N3S2/c1-27-19-13-15(5-3-11-28-20(23)8-4-12-29-22(25)26)9-10-18(19)30-21(24)16-6-2-7-17(31)14-16;3-1-4-5-2(6)7-1/h2-3,5-7,9-10,13-14,31H,4,8,11-12H2,1H3;(H2,3,4)(H,5,6)/b5-3+;. The van der Waals surface area contributed by atoms with Crippen LogP contribution in [0.2, 0.25) is 0 Å². The minimum Gasteiger partial charge on any atom is -0.493 e. The summed E-state index contributed by atoms with van der Waals surface area (Å²) in [5.41, 5.74) is 6.29. The second kappa shape index (κ2) is 16.0. The topological polar surface area (TPSA) is 169 Å². The molecule has 0 amide bonds. The Balaban J connectivity index is 0.000000624. The van der Waals surface area contributed by atoms with Crippen molar-refractivity contribution >= 4 is 59.3 Å². The lowest BCUT2D eigenvalue weighted by atomic mass is 10.2. The van der Waals surface area contributed by atoms with Gasteiger partial charge in [0.05, 0.1) is 19.3 Å². The van der Waals surface area contributed by atoms with E-state index in [1.54, 1.807) is 54.6 Å². The van der Waals surface area contributed by atoms with Crippen LogP contribution in [0.5, 0.6) is 11.5 Å². The number of rotatable bonds is 11. The number of nitrogens with two attached hydrogens (primary N) is 1. The summed E-state index contributed by atoms with van der Waals surface area (Å²) in [4.78, 5) is 38.6. The number of aromatic nitrogens is 2. The predicted octanol–water partition coefficient (Wildman–Crippen LogP) is 4.53. The number of nitrogen functional groups attached to an aromatic ring is 1. The lowest BCUT2D eigenvalue weighted by molar-refractivity contribution is -0.757. The maximum atomic E-state index is 12.3. The highest BCUT2D eigenvalue weighted by molar-refractivity contribution is 7.80. The Bertz CT molecular complexity index is 1330. The van der Waals surface area contributed by atoms with E-state index in [1.807, 2.05) is 0 Å². The van der Waals surface area contributed by atoms with Crippen molar-refractivity contribution in [1.82, 2.24) is 10.2 Å². The summed E-state index contributed by atoms with van der Waals surface area (Å²) in [5, 5.41) is 15.7. The van der Waals surface area contributed by atoms with Gasteiger partial charge in [0.1, 0.15) is 6.61 Å². The second-order valence-corrected chi connectivity index (χ2v) is 9.26. The highest BCUT2D eigenvalue weighted by atomic mass is 32.1. The van der Waals surface area contributed by atoms with Crippen molar-refractivity contribution in [2.24, 2.45) is 0 Å². The molecule has 38 heavy (non-hydrogen) atoms. The van der Waals surface area contributed by atoms with Gasteiger partial charge in [-0.1, -0.05) is 29.5 Å². The number of aromatic amines is 1. The molecular weight excluding hydrogens is 556 g/mol. The van der Waals surface area contributed by atoms with Gasteiger partial charge in [-0.25, -0.2) is 4.79 Å². The van der Waals surface area contributed by atoms with Crippen molar-refractivity contribution in [3.63, 3.8) is 0 Å². The van der Waals surface area contributed by atoms with E-state index in [2.05, 4.69) is 39.9 Å². The van der Waals surface area contributed by atoms with Crippen LogP contribution in [0.4, 0.5) is 5.13 Å². The van der Waals surface area contributed by atoms with Gasteiger partial charge >= 0.3 is 11.9 Å². The fraction of sp³-hybridized carbons (Fsp3) is 0.217. The summed E-state index contributed by atoms with van der Waals surface area (Å²) in [6, 6.07) is 11.7. The molecule has 1 heterocycles. The number of hydrogen-bond acceptors (Lipinski definition) is 13. The Morgan fingerprint density at radius 1 is 1.26 bits per heavy atom. The number of ether oxygens (including phenoxy) is 3. The molecule has 0 spiro atoms. The summed E-state index contributed by atoms with van der Waals surface area (Å²) in [6.45, 7) is -0.122. The normalized spacial score (nSPS) is 10.3. The van der Waals surface area contributed by atoms with Gasteiger partial charge in [0.15, 0.2) is 15.5 Å². The predicted molar refractivity (Wildman–Crippen MR) is 146 cm³/mol. The molecule has 0 atom stereocenters. The molecule has 0 aliphatic rings. The first-order valence-electron chi connectivity index (χ1n) is 10.8. The fourth-order valence-corrected chi connectivity index (χ4v) is 3.56. The highest BCUT2D eigenvalue weighted by Crippen LogP contribution is 2.29. The molecule has 0 radical (unpaired) electrons. The molecule has 2 aromatic carbocycles. The average Bonchev–Trinajstić information content (AvgIpc) is 3.27. The maximum absolute atomic E-state index is 12.3. The highest BCUT2D eigenvalue weighted by Gasteiger charge is 2.13. The molecule has 0 aliphatic heterocycles. The smallest absolute Gasteiger partial charge is 0.343 e. The first-order valence-corrected chi connectivity index (χ1v) is 12.4. The number of carbonyl (C=O) groups excluding carboxylic acids is 2. The molecule has 0 aliphatic carbocycles. The van der Waals surface area contributed by atoms with Gasteiger partial charge in [-0.3, -0.25) is 9.89 Å². The van der Waals surface area contributed by atoms with E-state index in [0.717, 1.165) is 5.56 Å². The summed E-state index contributed by atoms with van der Waals surface area (Å²) in [6.07, 6.45) is 3.55. The minimum absolute atomic E-state index is 0.0195. The van der Waals surface area contributed by atoms with Crippen LogP contribution in [-0.4, -0.2) is 47.5 Å². The molecular formula is C23H24N4O8S3. The molecule has 3 N–H and O–H groups in total. The third-order valence-electron chi connectivity index (χ3n) is 4.30. The molecule has 3 rings (SSSR count). The quantitative estimate of drug-likeness (QED) is 0.0554. The van der Waals surface area contributed by atoms with Crippen LogP contribution in [0.3, 0.4) is 0 Å². The van der Waals surface area contributed by atoms with E-state index in [-0.39, 0.29) is 31.8 Å². The number of esters is 2. The van der Waals surface area contributed by atoms with Crippen molar-refractivity contribution < 1.29 is 33.7 Å². The largest absolute Gasteiger partial charge is 0.493 e. The molecule has 1 aromatic heterocycles. The zero-order chi connectivity index (χ0) is 27.9. The zero-order valence-electron chi connectivity index (χ0n) is 20.0. The number of anilines is 1. The summed E-state index contributed by atoms with van der Waals surface area (Å²) in [5.74, 6) is -0.396. The lowest BCUT2D eigenvalue weighted by Crippen LogP contribution is -2.09. The van der Waals surface area contributed by atoms with E-state index in [9.17, 15) is 19.7 Å². The zero-order valence-corrected chi connectivity index (χ0v) is 22.6. The van der Waals surface area contributed by atoms with Crippen LogP contribution in [0.15, 0.2) is 53.4 Å². The van der Waals surface area contributed by atoms with E-state index in [0.29, 0.717) is 25.3 Å². The number of hydrogen-bond donors (Lipinski definition) is 3. The van der Waals surface area contributed by atoms with Crippen molar-refractivity contribution in [3.05, 3.63) is 73.7 Å². The Labute approximate surface area is 231 Å². The molecule has 12 nitrogen and oxygen atoms in total. The molecule has 0 unspecified atom stereocenters. The summed E-state index contributed by atoms with van der Waals surface area (Å²) < 4.78 is 16.3. The summed E-state index contributed by atoms with van der Waals surface area (Å²) >= 11 is 10.1. The Kier molecular flexibility index (Phi) is 12.8. The Morgan fingerprint density at radius 3 is 2.66 bits per heavy atom. The third kappa shape index (κ3) is 11.4. The lowest BCUT2D eigenvalue weighted by Gasteiger charge is -2.10. The van der Waals surface area contributed by atoms with Crippen LogP contribution in [-0.2, 0) is 14.4 Å². The van der Waals surface area contributed by atoms with E-state index in [4.69, 9.17) is 19.9 Å². The number of carbonyl (C=O) groups is 2. The van der Waals surface area contributed by atoms with Crippen LogP contribution in [0.25, 0.3) is 6.08 Å². The van der Waals surface area contributed by atoms with Gasteiger partial charge in [0.25, 0.3) is 5.09 Å². The molecule has 3 aromatic rings. The maximum Gasteiger partial charge on any atom is 0.343 e. The van der Waals surface area contributed by atoms with Crippen LogP contribution in [0.1, 0.15) is 28.8 Å².